The van der Waals surface area contributed by atoms with Crippen molar-refractivity contribution in [1.82, 2.24) is 0 Å². The lowest BCUT2D eigenvalue weighted by Crippen LogP contribution is -2.15. The number of Topliss-reactive ketones (excluding diaryl/α,β-unsaturated/α-hetero) is 1. The summed E-state index contributed by atoms with van der Waals surface area (Å²) in [5.41, 5.74) is 3.18. The molecule has 1 atom stereocenters. The monoisotopic (exact) mass is 274 g/mol. The minimum Gasteiger partial charge on any atom is -0.496 e. The third-order valence-electron chi connectivity index (χ3n) is 4.09. The lowest BCUT2D eigenvalue weighted by Gasteiger charge is -2.23. The van der Waals surface area contributed by atoms with Gasteiger partial charge < -0.3 is 4.74 Å². The molecule has 0 fully saturated rings. The topological polar surface area (TPSA) is 26.3 Å². The number of ketones is 1. The zero-order chi connectivity index (χ0) is 15.1. The van der Waals surface area contributed by atoms with Crippen LogP contribution in [-0.4, -0.2) is 12.9 Å². The summed E-state index contributed by atoms with van der Waals surface area (Å²) >= 11 is 0. The summed E-state index contributed by atoms with van der Waals surface area (Å²) in [5, 5.41) is 0. The molecule has 0 radical (unpaired) electrons. The SMILES string of the molecule is COc1cc2c(cc1C(C)(C)C)C(=O)C(CC(C)C)C2. The summed E-state index contributed by atoms with van der Waals surface area (Å²) in [5.74, 6) is 1.95. The number of fused-ring (bicyclic) bond motifs is 1. The molecule has 0 spiro atoms. The molecule has 1 aliphatic carbocycles. The number of ether oxygens (including phenoxy) is 1. The fraction of sp³-hybridized carbons (Fsp3) is 0.611. The van der Waals surface area contributed by atoms with Gasteiger partial charge in [0.25, 0.3) is 0 Å². The van der Waals surface area contributed by atoms with E-state index in [0.717, 1.165) is 35.3 Å². The number of benzene rings is 1. The van der Waals surface area contributed by atoms with Gasteiger partial charge in [-0.05, 0) is 41.9 Å². The molecule has 1 unspecified atom stereocenters. The van der Waals surface area contributed by atoms with Crippen molar-refractivity contribution in [2.75, 3.05) is 7.11 Å². The molecule has 110 valence electrons. The Morgan fingerprint density at radius 1 is 1.30 bits per heavy atom. The van der Waals surface area contributed by atoms with Crippen molar-refractivity contribution in [3.05, 3.63) is 28.8 Å². The van der Waals surface area contributed by atoms with Crippen LogP contribution >= 0.6 is 0 Å². The number of rotatable bonds is 3. The van der Waals surface area contributed by atoms with Gasteiger partial charge in [0.1, 0.15) is 5.75 Å². The van der Waals surface area contributed by atoms with Crippen LogP contribution in [0.25, 0.3) is 0 Å². The molecule has 2 rings (SSSR count). The molecule has 0 heterocycles. The van der Waals surface area contributed by atoms with Crippen LogP contribution in [0.5, 0.6) is 5.75 Å². The zero-order valence-electron chi connectivity index (χ0n) is 13.5. The summed E-state index contributed by atoms with van der Waals surface area (Å²) in [6.45, 7) is 10.8. The van der Waals surface area contributed by atoms with Gasteiger partial charge in [-0.3, -0.25) is 4.79 Å². The molecule has 0 amide bonds. The fourth-order valence-corrected chi connectivity index (χ4v) is 3.11. The standard InChI is InChI=1S/C18H26O2/c1-11(2)7-13-8-12-9-16(20-6)15(18(3,4)5)10-14(12)17(13)19/h9-11,13H,7-8H2,1-6H3. The van der Waals surface area contributed by atoms with Gasteiger partial charge in [-0.1, -0.05) is 34.6 Å². The maximum atomic E-state index is 12.6. The highest BCUT2D eigenvalue weighted by Crippen LogP contribution is 2.39. The van der Waals surface area contributed by atoms with Crippen molar-refractivity contribution in [1.29, 1.82) is 0 Å². The molecule has 2 heteroatoms. The molecule has 1 aliphatic rings. The van der Waals surface area contributed by atoms with E-state index in [9.17, 15) is 4.79 Å². The lowest BCUT2D eigenvalue weighted by molar-refractivity contribution is 0.0922. The van der Waals surface area contributed by atoms with Crippen molar-refractivity contribution >= 4 is 5.78 Å². The second-order valence-electron chi connectivity index (χ2n) is 7.35. The molecule has 0 aromatic heterocycles. The van der Waals surface area contributed by atoms with E-state index in [1.165, 1.54) is 0 Å². The van der Waals surface area contributed by atoms with Gasteiger partial charge in [0, 0.05) is 17.0 Å². The number of hydrogen-bond acceptors (Lipinski definition) is 2. The summed E-state index contributed by atoms with van der Waals surface area (Å²) in [4.78, 5) is 12.6. The average Bonchev–Trinajstić information content (AvgIpc) is 2.62. The Labute approximate surface area is 122 Å². The fourth-order valence-electron chi connectivity index (χ4n) is 3.11. The van der Waals surface area contributed by atoms with Crippen LogP contribution in [0.2, 0.25) is 0 Å². The maximum absolute atomic E-state index is 12.6. The molecule has 0 saturated carbocycles. The smallest absolute Gasteiger partial charge is 0.166 e. The van der Waals surface area contributed by atoms with E-state index in [0.29, 0.717) is 11.7 Å². The first kappa shape index (κ1) is 15.1. The van der Waals surface area contributed by atoms with Crippen LogP contribution in [0.1, 0.15) is 62.5 Å². The van der Waals surface area contributed by atoms with Gasteiger partial charge in [0.15, 0.2) is 5.78 Å². The number of carbonyl (C=O) groups is 1. The first-order valence-corrected chi connectivity index (χ1v) is 7.49. The molecular formula is C18H26O2. The van der Waals surface area contributed by atoms with Crippen LogP contribution in [0.15, 0.2) is 12.1 Å². The van der Waals surface area contributed by atoms with E-state index in [4.69, 9.17) is 4.74 Å². The zero-order valence-corrected chi connectivity index (χ0v) is 13.5. The summed E-state index contributed by atoms with van der Waals surface area (Å²) in [6, 6.07) is 4.14. The molecule has 1 aromatic rings. The van der Waals surface area contributed by atoms with E-state index in [1.54, 1.807) is 7.11 Å². The molecule has 20 heavy (non-hydrogen) atoms. The van der Waals surface area contributed by atoms with E-state index in [1.807, 2.05) is 0 Å². The Morgan fingerprint density at radius 2 is 1.95 bits per heavy atom. The maximum Gasteiger partial charge on any atom is 0.166 e. The third kappa shape index (κ3) is 2.74. The molecule has 2 nitrogen and oxygen atoms in total. The van der Waals surface area contributed by atoms with E-state index >= 15 is 0 Å². The second-order valence-corrected chi connectivity index (χ2v) is 7.35. The predicted molar refractivity (Wildman–Crippen MR) is 82.7 cm³/mol. The first-order chi connectivity index (χ1) is 9.24. The van der Waals surface area contributed by atoms with E-state index in [-0.39, 0.29) is 11.3 Å². The van der Waals surface area contributed by atoms with Gasteiger partial charge in [0.2, 0.25) is 0 Å². The predicted octanol–water partition coefficient (Wildman–Crippen LogP) is 4.39. The first-order valence-electron chi connectivity index (χ1n) is 7.49. The number of methoxy groups -OCH3 is 1. The highest BCUT2D eigenvalue weighted by Gasteiger charge is 2.33. The van der Waals surface area contributed by atoms with E-state index < -0.39 is 0 Å². The Bertz CT molecular complexity index is 521. The molecular weight excluding hydrogens is 248 g/mol. The number of hydrogen-bond donors (Lipinski definition) is 0. The number of carbonyl (C=O) groups excluding carboxylic acids is 1. The molecule has 0 saturated heterocycles. The summed E-state index contributed by atoms with van der Waals surface area (Å²) < 4.78 is 5.54. The summed E-state index contributed by atoms with van der Waals surface area (Å²) in [6.07, 6.45) is 1.84. The normalized spacial score (nSPS) is 18.6. The Balaban J connectivity index is 2.43. The highest BCUT2D eigenvalue weighted by molar-refractivity contribution is 6.02. The second kappa shape index (κ2) is 5.23. The molecule has 0 bridgehead atoms. The van der Waals surface area contributed by atoms with Crippen LogP contribution in [0, 0.1) is 11.8 Å². The van der Waals surface area contributed by atoms with Crippen LogP contribution in [-0.2, 0) is 11.8 Å². The lowest BCUT2D eigenvalue weighted by atomic mass is 9.84. The van der Waals surface area contributed by atoms with Crippen LogP contribution in [0.4, 0.5) is 0 Å². The van der Waals surface area contributed by atoms with Crippen LogP contribution in [0.3, 0.4) is 0 Å². The highest BCUT2D eigenvalue weighted by atomic mass is 16.5. The molecule has 0 N–H and O–H groups in total. The van der Waals surface area contributed by atoms with Gasteiger partial charge >= 0.3 is 0 Å². The van der Waals surface area contributed by atoms with Crippen LogP contribution < -0.4 is 4.74 Å². The van der Waals surface area contributed by atoms with Crippen molar-refractivity contribution in [2.45, 2.75) is 52.9 Å². The van der Waals surface area contributed by atoms with Crippen molar-refractivity contribution in [3.8, 4) is 5.75 Å². The average molecular weight is 274 g/mol. The van der Waals surface area contributed by atoms with Crippen molar-refractivity contribution in [2.24, 2.45) is 11.8 Å². The molecule has 1 aromatic carbocycles. The molecule has 0 aliphatic heterocycles. The third-order valence-corrected chi connectivity index (χ3v) is 4.09. The van der Waals surface area contributed by atoms with Crippen molar-refractivity contribution < 1.29 is 9.53 Å². The van der Waals surface area contributed by atoms with Gasteiger partial charge in [0.05, 0.1) is 7.11 Å². The van der Waals surface area contributed by atoms with E-state index in [2.05, 4.69) is 46.8 Å². The Kier molecular flexibility index (Phi) is 3.95. The van der Waals surface area contributed by atoms with Gasteiger partial charge in [-0.25, -0.2) is 0 Å². The largest absolute Gasteiger partial charge is 0.496 e. The minimum atomic E-state index is -0.0171. The quantitative estimate of drug-likeness (QED) is 0.817. The Morgan fingerprint density at radius 3 is 2.45 bits per heavy atom. The van der Waals surface area contributed by atoms with Gasteiger partial charge in [-0.15, -0.1) is 0 Å². The van der Waals surface area contributed by atoms with Gasteiger partial charge in [-0.2, -0.15) is 0 Å². The Hall–Kier alpha value is -1.31. The minimum absolute atomic E-state index is 0.0171. The summed E-state index contributed by atoms with van der Waals surface area (Å²) in [7, 11) is 1.71. The van der Waals surface area contributed by atoms with Crippen molar-refractivity contribution in [3.63, 3.8) is 0 Å².